The average Bonchev–Trinajstić information content (AvgIpc) is 2.47. The Balaban J connectivity index is 2.35. The van der Waals surface area contributed by atoms with E-state index in [1.165, 1.54) is 6.07 Å². The average molecular weight is 276 g/mol. The summed E-state index contributed by atoms with van der Waals surface area (Å²) in [7, 11) is 0. The van der Waals surface area contributed by atoms with Gasteiger partial charge in [0.25, 0.3) is 5.69 Å². The minimum Gasteiger partial charge on any atom is -0.462 e. The number of nitro groups is 1. The fourth-order valence-corrected chi connectivity index (χ4v) is 2.14. The van der Waals surface area contributed by atoms with Gasteiger partial charge >= 0.3 is 5.97 Å². The van der Waals surface area contributed by atoms with Crippen LogP contribution >= 0.6 is 0 Å². The van der Waals surface area contributed by atoms with E-state index in [0.29, 0.717) is 12.2 Å². The largest absolute Gasteiger partial charge is 0.462 e. The molecular formula is C14H16N2O4. The van der Waals surface area contributed by atoms with Crippen molar-refractivity contribution in [1.29, 1.82) is 0 Å². The maximum Gasteiger partial charge on any atom is 0.338 e. The highest BCUT2D eigenvalue weighted by Gasteiger charge is 2.22. The lowest BCUT2D eigenvalue weighted by Gasteiger charge is -2.25. The van der Waals surface area contributed by atoms with Crippen LogP contribution in [-0.4, -0.2) is 30.6 Å². The van der Waals surface area contributed by atoms with E-state index < -0.39 is 10.9 Å². The van der Waals surface area contributed by atoms with Crippen LogP contribution in [0.5, 0.6) is 0 Å². The maximum atomic E-state index is 11.6. The lowest BCUT2D eigenvalue weighted by molar-refractivity contribution is -0.384. The second-order valence-electron chi connectivity index (χ2n) is 4.39. The van der Waals surface area contributed by atoms with E-state index in [0.717, 1.165) is 13.0 Å². The summed E-state index contributed by atoms with van der Waals surface area (Å²) in [5.74, 6) is -0.541. The second-order valence-corrected chi connectivity index (χ2v) is 4.39. The summed E-state index contributed by atoms with van der Waals surface area (Å²) in [6.07, 6.45) is 4.89. The summed E-state index contributed by atoms with van der Waals surface area (Å²) in [5, 5.41) is 11.2. The Labute approximate surface area is 116 Å². The molecule has 1 aromatic carbocycles. The van der Waals surface area contributed by atoms with E-state index >= 15 is 0 Å². The third-order valence-electron chi connectivity index (χ3n) is 3.08. The fourth-order valence-electron chi connectivity index (χ4n) is 2.14. The number of hydrogen-bond acceptors (Lipinski definition) is 5. The molecule has 0 aromatic heterocycles. The lowest BCUT2D eigenvalue weighted by atomic mass is 10.1. The van der Waals surface area contributed by atoms with Crippen molar-refractivity contribution in [2.75, 3.05) is 24.6 Å². The monoisotopic (exact) mass is 276 g/mol. The van der Waals surface area contributed by atoms with Crippen LogP contribution in [0.25, 0.3) is 0 Å². The van der Waals surface area contributed by atoms with E-state index in [-0.39, 0.29) is 17.9 Å². The quantitative estimate of drug-likeness (QED) is 0.366. The highest BCUT2D eigenvalue weighted by atomic mass is 16.6. The smallest absolute Gasteiger partial charge is 0.338 e. The van der Waals surface area contributed by atoms with Crippen LogP contribution in [0.15, 0.2) is 30.4 Å². The summed E-state index contributed by atoms with van der Waals surface area (Å²) < 4.78 is 4.86. The van der Waals surface area contributed by atoms with Gasteiger partial charge in [-0.1, -0.05) is 12.2 Å². The zero-order valence-corrected chi connectivity index (χ0v) is 11.2. The Kier molecular flexibility index (Phi) is 4.34. The molecule has 0 amide bonds. The number of ether oxygens (including phenoxy) is 1. The Hall–Kier alpha value is -2.37. The SMILES string of the molecule is CCOC(=O)c1ccc(N2CC=CCC2)c([N+](=O)[O-])c1. The van der Waals surface area contributed by atoms with Crippen molar-refractivity contribution >= 4 is 17.3 Å². The van der Waals surface area contributed by atoms with Gasteiger partial charge in [0.2, 0.25) is 0 Å². The molecule has 20 heavy (non-hydrogen) atoms. The maximum absolute atomic E-state index is 11.6. The van der Waals surface area contributed by atoms with E-state index in [4.69, 9.17) is 4.74 Å². The van der Waals surface area contributed by atoms with Gasteiger partial charge in [-0.05, 0) is 25.5 Å². The van der Waals surface area contributed by atoms with Crippen molar-refractivity contribution in [2.45, 2.75) is 13.3 Å². The highest BCUT2D eigenvalue weighted by molar-refractivity contribution is 5.91. The molecule has 0 saturated heterocycles. The van der Waals surface area contributed by atoms with Crippen LogP contribution in [0.3, 0.4) is 0 Å². The standard InChI is InChI=1S/C14H16N2O4/c1-2-20-14(17)11-6-7-12(13(10-11)16(18)19)15-8-4-3-5-9-15/h3-4,6-7,10H,2,5,8-9H2,1H3. The predicted molar refractivity (Wildman–Crippen MR) is 75.0 cm³/mol. The Morgan fingerprint density at radius 3 is 2.85 bits per heavy atom. The molecule has 1 aromatic rings. The van der Waals surface area contributed by atoms with Gasteiger partial charge in [-0.3, -0.25) is 10.1 Å². The number of benzene rings is 1. The van der Waals surface area contributed by atoms with Crippen molar-refractivity contribution in [3.05, 3.63) is 46.0 Å². The molecule has 0 N–H and O–H groups in total. The molecule has 1 aliphatic heterocycles. The Bertz CT molecular complexity index is 554. The molecule has 0 fully saturated rings. The van der Waals surface area contributed by atoms with E-state index in [9.17, 15) is 14.9 Å². The minimum atomic E-state index is -0.541. The predicted octanol–water partition coefficient (Wildman–Crippen LogP) is 2.54. The lowest BCUT2D eigenvalue weighted by Crippen LogP contribution is -2.27. The molecule has 0 aliphatic carbocycles. The zero-order chi connectivity index (χ0) is 14.5. The third-order valence-corrected chi connectivity index (χ3v) is 3.08. The number of rotatable bonds is 4. The fraction of sp³-hybridized carbons (Fsp3) is 0.357. The molecule has 0 atom stereocenters. The van der Waals surface area contributed by atoms with E-state index in [1.54, 1.807) is 19.1 Å². The van der Waals surface area contributed by atoms with Gasteiger partial charge in [0, 0.05) is 19.2 Å². The highest BCUT2D eigenvalue weighted by Crippen LogP contribution is 2.30. The van der Waals surface area contributed by atoms with E-state index in [1.807, 2.05) is 11.0 Å². The van der Waals surface area contributed by atoms with Gasteiger partial charge in [-0.2, -0.15) is 0 Å². The van der Waals surface area contributed by atoms with Gasteiger partial charge in [0.05, 0.1) is 17.1 Å². The van der Waals surface area contributed by atoms with Crippen molar-refractivity contribution in [2.24, 2.45) is 0 Å². The number of anilines is 1. The molecule has 2 rings (SSSR count). The van der Waals surface area contributed by atoms with Crippen LogP contribution in [0.4, 0.5) is 11.4 Å². The molecule has 6 heteroatoms. The van der Waals surface area contributed by atoms with Gasteiger partial charge in [0.15, 0.2) is 0 Å². The number of hydrogen-bond donors (Lipinski definition) is 0. The second kappa shape index (κ2) is 6.18. The molecule has 106 valence electrons. The number of carbonyl (C=O) groups excluding carboxylic acids is 1. The molecule has 0 unspecified atom stereocenters. The summed E-state index contributed by atoms with van der Waals surface area (Å²) in [6.45, 7) is 3.31. The first-order valence-electron chi connectivity index (χ1n) is 6.49. The molecule has 0 spiro atoms. The Morgan fingerprint density at radius 2 is 2.25 bits per heavy atom. The number of carbonyl (C=O) groups is 1. The molecule has 6 nitrogen and oxygen atoms in total. The van der Waals surface area contributed by atoms with Crippen LogP contribution in [-0.2, 0) is 4.74 Å². The number of esters is 1. The van der Waals surface area contributed by atoms with Crippen LogP contribution in [0.2, 0.25) is 0 Å². The number of nitro benzene ring substituents is 1. The minimum absolute atomic E-state index is 0.0640. The molecule has 0 radical (unpaired) electrons. The van der Waals surface area contributed by atoms with Gasteiger partial charge in [-0.15, -0.1) is 0 Å². The third kappa shape index (κ3) is 2.96. The number of nitrogens with zero attached hydrogens (tertiary/aromatic N) is 2. The van der Waals surface area contributed by atoms with Crippen molar-refractivity contribution in [1.82, 2.24) is 0 Å². The van der Waals surface area contributed by atoms with E-state index in [2.05, 4.69) is 6.08 Å². The first-order chi connectivity index (χ1) is 9.63. The van der Waals surface area contributed by atoms with Crippen molar-refractivity contribution in [3.63, 3.8) is 0 Å². The summed E-state index contributed by atoms with van der Waals surface area (Å²) in [6, 6.07) is 4.47. The molecule has 0 bridgehead atoms. The normalized spacial score (nSPS) is 14.2. The van der Waals surface area contributed by atoms with Crippen LogP contribution in [0, 0.1) is 10.1 Å². The van der Waals surface area contributed by atoms with Crippen LogP contribution in [0.1, 0.15) is 23.7 Å². The summed E-state index contributed by atoms with van der Waals surface area (Å²) in [4.78, 5) is 24.3. The first-order valence-corrected chi connectivity index (χ1v) is 6.49. The molecule has 0 saturated carbocycles. The first kappa shape index (κ1) is 14.0. The van der Waals surface area contributed by atoms with Gasteiger partial charge in [-0.25, -0.2) is 4.79 Å². The zero-order valence-electron chi connectivity index (χ0n) is 11.2. The molecule has 1 heterocycles. The summed E-state index contributed by atoms with van der Waals surface area (Å²) in [5.41, 5.74) is 0.674. The van der Waals surface area contributed by atoms with Crippen LogP contribution < -0.4 is 4.90 Å². The van der Waals surface area contributed by atoms with Crippen molar-refractivity contribution < 1.29 is 14.5 Å². The summed E-state index contributed by atoms with van der Waals surface area (Å²) >= 11 is 0. The van der Waals surface area contributed by atoms with Gasteiger partial charge < -0.3 is 9.64 Å². The molecule has 1 aliphatic rings. The Morgan fingerprint density at radius 1 is 1.45 bits per heavy atom. The van der Waals surface area contributed by atoms with Crippen molar-refractivity contribution in [3.8, 4) is 0 Å². The molecular weight excluding hydrogens is 260 g/mol. The topological polar surface area (TPSA) is 72.7 Å². The van der Waals surface area contributed by atoms with Gasteiger partial charge in [0.1, 0.15) is 5.69 Å².